The molecule has 0 aliphatic rings. The molecule has 8 nitrogen and oxygen atoms in total. The number of ether oxygens (including phenoxy) is 1. The van der Waals surface area contributed by atoms with Crippen LogP contribution >= 0.6 is 11.8 Å². The number of nitro groups is 1. The Kier molecular flexibility index (Phi) is 5.77. The fraction of sp³-hybridized carbons (Fsp3) is 0.118. The molecule has 0 N–H and O–H groups in total. The number of hydrogen-bond donors (Lipinski definition) is 0. The summed E-state index contributed by atoms with van der Waals surface area (Å²) in [5, 5.41) is 19.9. The van der Waals surface area contributed by atoms with Crippen LogP contribution < -0.4 is 4.74 Å². The standard InChI is InChI=1S/C17H14FN5O3S/c1-2-9-22-15(11-26-14-6-4-3-5-13(14)18)20-21-17(22)27-16-8-7-12(10-19-16)23(24)25/h2-8,10H,1,9,11H2. The predicted molar refractivity (Wildman–Crippen MR) is 96.0 cm³/mol. The van der Waals surface area contributed by atoms with E-state index in [2.05, 4.69) is 21.8 Å². The van der Waals surface area contributed by atoms with Crippen molar-refractivity contribution in [2.75, 3.05) is 0 Å². The van der Waals surface area contributed by atoms with Crippen molar-refractivity contribution in [2.24, 2.45) is 0 Å². The molecule has 2 aromatic heterocycles. The van der Waals surface area contributed by atoms with Crippen molar-refractivity contribution in [1.29, 1.82) is 0 Å². The molecule has 0 radical (unpaired) electrons. The second kappa shape index (κ2) is 8.41. The van der Waals surface area contributed by atoms with Gasteiger partial charge in [0, 0.05) is 12.6 Å². The molecule has 3 rings (SSSR count). The molecular weight excluding hydrogens is 373 g/mol. The number of para-hydroxylation sites is 1. The Labute approximate surface area is 157 Å². The first-order valence-corrected chi connectivity index (χ1v) is 8.58. The zero-order valence-electron chi connectivity index (χ0n) is 14.0. The van der Waals surface area contributed by atoms with Crippen LogP contribution in [-0.4, -0.2) is 24.7 Å². The third kappa shape index (κ3) is 4.47. The van der Waals surface area contributed by atoms with Crippen molar-refractivity contribution >= 4 is 17.4 Å². The second-order valence-corrected chi connectivity index (χ2v) is 6.22. The lowest BCUT2D eigenvalue weighted by atomic mass is 10.3. The van der Waals surface area contributed by atoms with Gasteiger partial charge in [-0.2, -0.15) is 0 Å². The first-order chi connectivity index (χ1) is 13.1. The van der Waals surface area contributed by atoms with Crippen LogP contribution in [0.4, 0.5) is 10.1 Å². The normalized spacial score (nSPS) is 10.6. The van der Waals surface area contributed by atoms with E-state index in [0.29, 0.717) is 22.6 Å². The number of hydrogen-bond acceptors (Lipinski definition) is 7. The first-order valence-electron chi connectivity index (χ1n) is 7.77. The SMILES string of the molecule is C=CCn1c(COc2ccccc2F)nnc1Sc1ccc([N+](=O)[O-])cn1. The summed E-state index contributed by atoms with van der Waals surface area (Å²) in [5.74, 6) is 0.149. The molecule has 2 heterocycles. The quantitative estimate of drug-likeness (QED) is 0.331. The van der Waals surface area contributed by atoms with Crippen LogP contribution in [0.5, 0.6) is 5.75 Å². The molecule has 0 saturated heterocycles. The van der Waals surface area contributed by atoms with E-state index < -0.39 is 10.7 Å². The highest BCUT2D eigenvalue weighted by atomic mass is 32.2. The molecule has 138 valence electrons. The molecular formula is C17H14FN5O3S. The molecule has 1 aromatic carbocycles. The van der Waals surface area contributed by atoms with Crippen LogP contribution in [0.1, 0.15) is 5.82 Å². The number of rotatable bonds is 8. The summed E-state index contributed by atoms with van der Waals surface area (Å²) >= 11 is 1.20. The number of aromatic nitrogens is 4. The van der Waals surface area contributed by atoms with Gasteiger partial charge in [-0.3, -0.25) is 14.7 Å². The van der Waals surface area contributed by atoms with Crippen LogP contribution in [0, 0.1) is 15.9 Å². The molecule has 0 spiro atoms. The fourth-order valence-corrected chi connectivity index (χ4v) is 2.95. The van der Waals surface area contributed by atoms with Crippen molar-refractivity contribution < 1.29 is 14.1 Å². The average molecular weight is 387 g/mol. The van der Waals surface area contributed by atoms with Crippen molar-refractivity contribution in [1.82, 2.24) is 19.7 Å². The lowest BCUT2D eigenvalue weighted by molar-refractivity contribution is -0.385. The summed E-state index contributed by atoms with van der Waals surface area (Å²) in [6.45, 7) is 4.15. The summed E-state index contributed by atoms with van der Waals surface area (Å²) in [6, 6.07) is 8.99. The number of halogens is 1. The molecule has 0 amide bonds. The number of benzene rings is 1. The minimum Gasteiger partial charge on any atom is -0.483 e. The van der Waals surface area contributed by atoms with Gasteiger partial charge in [-0.05, 0) is 30.0 Å². The third-order valence-corrected chi connectivity index (χ3v) is 4.36. The zero-order chi connectivity index (χ0) is 19.2. The Morgan fingerprint density at radius 1 is 1.30 bits per heavy atom. The number of pyridine rings is 1. The van der Waals surface area contributed by atoms with E-state index in [4.69, 9.17) is 4.74 Å². The van der Waals surface area contributed by atoms with Gasteiger partial charge in [-0.1, -0.05) is 18.2 Å². The van der Waals surface area contributed by atoms with Gasteiger partial charge in [-0.15, -0.1) is 16.8 Å². The van der Waals surface area contributed by atoms with Gasteiger partial charge in [0.2, 0.25) is 0 Å². The maximum atomic E-state index is 13.7. The Morgan fingerprint density at radius 2 is 2.11 bits per heavy atom. The molecule has 27 heavy (non-hydrogen) atoms. The van der Waals surface area contributed by atoms with Gasteiger partial charge in [-0.25, -0.2) is 9.37 Å². The predicted octanol–water partition coefficient (Wildman–Crippen LogP) is 3.64. The van der Waals surface area contributed by atoms with Gasteiger partial charge in [0.05, 0.1) is 4.92 Å². The highest BCUT2D eigenvalue weighted by Gasteiger charge is 2.15. The minimum absolute atomic E-state index is 0.0238. The van der Waals surface area contributed by atoms with Crippen LogP contribution in [0.3, 0.4) is 0 Å². The maximum absolute atomic E-state index is 13.7. The zero-order valence-corrected chi connectivity index (χ0v) is 14.8. The van der Waals surface area contributed by atoms with Crippen molar-refractivity contribution in [3.63, 3.8) is 0 Å². The lowest BCUT2D eigenvalue weighted by Crippen LogP contribution is -2.08. The lowest BCUT2D eigenvalue weighted by Gasteiger charge is -2.09. The Morgan fingerprint density at radius 3 is 2.78 bits per heavy atom. The Hall–Kier alpha value is -3.27. The molecule has 3 aromatic rings. The highest BCUT2D eigenvalue weighted by molar-refractivity contribution is 7.99. The summed E-state index contributed by atoms with van der Waals surface area (Å²) in [4.78, 5) is 14.2. The van der Waals surface area contributed by atoms with E-state index in [-0.39, 0.29) is 18.0 Å². The molecule has 0 saturated carbocycles. The topological polar surface area (TPSA) is 96.0 Å². The summed E-state index contributed by atoms with van der Waals surface area (Å²) in [5.41, 5.74) is -0.0918. The van der Waals surface area contributed by atoms with E-state index in [1.54, 1.807) is 22.8 Å². The van der Waals surface area contributed by atoms with Crippen LogP contribution in [0.25, 0.3) is 0 Å². The molecule has 0 bridgehead atoms. The molecule has 0 atom stereocenters. The first kappa shape index (κ1) is 18.5. The van der Waals surface area contributed by atoms with Crippen LogP contribution in [-0.2, 0) is 13.2 Å². The van der Waals surface area contributed by atoms with E-state index >= 15 is 0 Å². The summed E-state index contributed by atoms with van der Waals surface area (Å²) in [7, 11) is 0. The van der Waals surface area contributed by atoms with Gasteiger partial charge in [0.1, 0.15) is 17.8 Å². The van der Waals surface area contributed by atoms with Gasteiger partial charge >= 0.3 is 0 Å². The monoisotopic (exact) mass is 387 g/mol. The van der Waals surface area contributed by atoms with Crippen LogP contribution in [0.2, 0.25) is 0 Å². The Bertz CT molecular complexity index is 961. The molecule has 0 fully saturated rings. The van der Waals surface area contributed by atoms with Gasteiger partial charge in [0.15, 0.2) is 22.5 Å². The third-order valence-electron chi connectivity index (χ3n) is 3.43. The largest absolute Gasteiger partial charge is 0.483 e. The van der Waals surface area contributed by atoms with E-state index in [1.165, 1.54) is 42.2 Å². The van der Waals surface area contributed by atoms with Crippen molar-refractivity contribution in [3.05, 3.63) is 77.0 Å². The van der Waals surface area contributed by atoms with Crippen LogP contribution in [0.15, 0.2) is 65.4 Å². The maximum Gasteiger partial charge on any atom is 0.287 e. The Balaban J connectivity index is 1.77. The fourth-order valence-electron chi connectivity index (χ4n) is 2.15. The summed E-state index contributed by atoms with van der Waals surface area (Å²) < 4.78 is 20.9. The minimum atomic E-state index is -0.514. The molecule has 0 unspecified atom stereocenters. The molecule has 10 heteroatoms. The van der Waals surface area contributed by atoms with Crippen molar-refractivity contribution in [2.45, 2.75) is 23.3 Å². The van der Waals surface area contributed by atoms with Gasteiger partial charge in [0.25, 0.3) is 5.69 Å². The molecule has 0 aliphatic heterocycles. The second-order valence-electron chi connectivity index (χ2n) is 5.23. The van der Waals surface area contributed by atoms with Gasteiger partial charge < -0.3 is 4.74 Å². The number of nitrogens with zero attached hydrogens (tertiary/aromatic N) is 5. The molecule has 0 aliphatic carbocycles. The van der Waals surface area contributed by atoms with Crippen molar-refractivity contribution in [3.8, 4) is 5.75 Å². The average Bonchev–Trinajstić information content (AvgIpc) is 3.03. The smallest absolute Gasteiger partial charge is 0.287 e. The van der Waals surface area contributed by atoms with E-state index in [1.807, 2.05) is 0 Å². The number of allylic oxidation sites excluding steroid dienone is 1. The van der Waals surface area contributed by atoms with E-state index in [0.717, 1.165) is 0 Å². The summed E-state index contributed by atoms with van der Waals surface area (Å²) in [6.07, 6.45) is 2.85. The highest BCUT2D eigenvalue weighted by Crippen LogP contribution is 2.27. The van der Waals surface area contributed by atoms with E-state index in [9.17, 15) is 14.5 Å².